The fourth-order valence-corrected chi connectivity index (χ4v) is 5.99. The molecule has 11 nitrogen and oxygen atoms in total. The first-order chi connectivity index (χ1) is 19.8. The van der Waals surface area contributed by atoms with Gasteiger partial charge < -0.3 is 15.0 Å². The number of hydrogen-bond acceptors (Lipinski definition) is 7. The number of benzene rings is 3. The molecule has 0 saturated heterocycles. The summed E-state index contributed by atoms with van der Waals surface area (Å²) in [5, 5.41) is 14.9. The molecule has 14 heteroatoms. The highest BCUT2D eigenvalue weighted by molar-refractivity contribution is 7.92. The second kappa shape index (κ2) is 13.9. The lowest BCUT2D eigenvalue weighted by molar-refractivity contribution is -0.385. The number of likely N-dealkylation sites (N-methyl/N-ethyl adjacent to an activating group) is 1. The molecule has 0 saturated carbocycles. The van der Waals surface area contributed by atoms with Crippen LogP contribution in [0, 0.1) is 17.0 Å². The number of aryl methyl sites for hydroxylation is 1. The van der Waals surface area contributed by atoms with Gasteiger partial charge in [0.1, 0.15) is 18.3 Å². The van der Waals surface area contributed by atoms with Crippen molar-refractivity contribution in [3.8, 4) is 5.75 Å². The first kappa shape index (κ1) is 32.6. The number of sulfonamides is 1. The summed E-state index contributed by atoms with van der Waals surface area (Å²) in [6.45, 7) is 4.19. The number of carbonyl (C=O) groups excluding carboxylic acids is 2. The number of carbonyl (C=O) groups is 2. The zero-order valence-electron chi connectivity index (χ0n) is 23.3. The van der Waals surface area contributed by atoms with Crippen LogP contribution in [0.5, 0.6) is 5.75 Å². The average molecular weight is 638 g/mol. The number of nitrogens with one attached hydrogen (secondary N) is 1. The minimum atomic E-state index is -4.52. The summed E-state index contributed by atoms with van der Waals surface area (Å²) >= 11 is 12.4. The smallest absolute Gasteiger partial charge is 0.273 e. The molecule has 0 aliphatic rings. The summed E-state index contributed by atoms with van der Waals surface area (Å²) in [6.07, 6.45) is 0. The van der Waals surface area contributed by atoms with Crippen LogP contribution in [0.25, 0.3) is 0 Å². The number of hydrogen-bond donors (Lipinski definition) is 1. The number of nitrogens with zero attached hydrogens (tertiary/aromatic N) is 3. The van der Waals surface area contributed by atoms with Crippen LogP contribution in [0.3, 0.4) is 0 Å². The van der Waals surface area contributed by atoms with Crippen molar-refractivity contribution in [2.75, 3.05) is 24.5 Å². The molecule has 3 rings (SSSR count). The summed E-state index contributed by atoms with van der Waals surface area (Å²) < 4.78 is 34.0. The number of nitro benzene ring substituents is 1. The van der Waals surface area contributed by atoms with Crippen molar-refractivity contribution in [3.63, 3.8) is 0 Å². The molecule has 2 amide bonds. The summed E-state index contributed by atoms with van der Waals surface area (Å²) in [6, 6.07) is 13.1. The number of amides is 2. The lowest BCUT2D eigenvalue weighted by Crippen LogP contribution is -2.51. The van der Waals surface area contributed by atoms with Crippen molar-refractivity contribution >= 4 is 56.4 Å². The largest absolute Gasteiger partial charge is 0.497 e. The molecule has 0 spiro atoms. The molecule has 3 aromatic rings. The Morgan fingerprint density at radius 3 is 2.31 bits per heavy atom. The molecule has 1 atom stereocenters. The van der Waals surface area contributed by atoms with Gasteiger partial charge in [-0.15, -0.1) is 0 Å². The Morgan fingerprint density at radius 2 is 1.74 bits per heavy atom. The standard InChI is InChI=1S/C28H30Cl2N4O7S/c1-5-31-28(36)19(3)32(16-20-7-8-21(29)14-25(20)30)27(35)17-33(22-9-11-23(41-4)12-10-22)42(39,40)24-13-6-18(2)26(15-24)34(37)38/h6-15,19H,5,16-17H2,1-4H3,(H,31,36). The van der Waals surface area contributed by atoms with E-state index >= 15 is 0 Å². The molecule has 0 radical (unpaired) electrons. The molecule has 0 heterocycles. The highest BCUT2D eigenvalue weighted by Crippen LogP contribution is 2.30. The highest BCUT2D eigenvalue weighted by Gasteiger charge is 2.33. The molecule has 0 aromatic heterocycles. The average Bonchev–Trinajstić information content (AvgIpc) is 2.95. The maximum atomic E-state index is 14.0. The van der Waals surface area contributed by atoms with Crippen molar-refractivity contribution in [1.29, 1.82) is 0 Å². The van der Waals surface area contributed by atoms with Gasteiger partial charge in [0.15, 0.2) is 0 Å². The molecule has 0 aliphatic heterocycles. The topological polar surface area (TPSA) is 139 Å². The highest BCUT2D eigenvalue weighted by atomic mass is 35.5. The van der Waals surface area contributed by atoms with E-state index in [9.17, 15) is 28.1 Å². The second-order valence-electron chi connectivity index (χ2n) is 9.24. The van der Waals surface area contributed by atoms with Gasteiger partial charge in [-0.25, -0.2) is 8.42 Å². The SMILES string of the molecule is CCNC(=O)C(C)N(Cc1ccc(Cl)cc1Cl)C(=O)CN(c1ccc(OC)cc1)S(=O)(=O)c1ccc(C)c([N+](=O)[O-])c1. The minimum absolute atomic E-state index is 0.0996. The van der Waals surface area contributed by atoms with Crippen molar-refractivity contribution < 1.29 is 27.7 Å². The van der Waals surface area contributed by atoms with Gasteiger partial charge in [-0.2, -0.15) is 0 Å². The predicted octanol–water partition coefficient (Wildman–Crippen LogP) is 4.97. The van der Waals surface area contributed by atoms with E-state index in [0.717, 1.165) is 10.4 Å². The third-order valence-electron chi connectivity index (χ3n) is 6.48. The summed E-state index contributed by atoms with van der Waals surface area (Å²) in [5.41, 5.74) is 0.467. The van der Waals surface area contributed by atoms with E-state index in [0.29, 0.717) is 22.9 Å². The van der Waals surface area contributed by atoms with Crippen LogP contribution >= 0.6 is 23.2 Å². The van der Waals surface area contributed by atoms with Crippen molar-refractivity contribution in [2.45, 2.75) is 38.3 Å². The Balaban J connectivity index is 2.11. The van der Waals surface area contributed by atoms with E-state index in [1.165, 1.54) is 68.3 Å². The first-order valence-electron chi connectivity index (χ1n) is 12.7. The van der Waals surface area contributed by atoms with Crippen LogP contribution < -0.4 is 14.4 Å². The molecule has 0 fully saturated rings. The molecular formula is C28H30Cl2N4O7S. The quantitative estimate of drug-likeness (QED) is 0.219. The van der Waals surface area contributed by atoms with Crippen LogP contribution in [-0.2, 0) is 26.2 Å². The molecule has 0 bridgehead atoms. The van der Waals surface area contributed by atoms with Crippen LogP contribution in [0.1, 0.15) is 25.0 Å². The zero-order chi connectivity index (χ0) is 31.2. The number of nitro groups is 1. The Hall–Kier alpha value is -3.87. The Morgan fingerprint density at radius 1 is 1.07 bits per heavy atom. The van der Waals surface area contributed by atoms with E-state index < -0.39 is 39.3 Å². The lowest BCUT2D eigenvalue weighted by Gasteiger charge is -2.32. The van der Waals surface area contributed by atoms with Gasteiger partial charge in [-0.3, -0.25) is 24.0 Å². The maximum Gasteiger partial charge on any atom is 0.273 e. The molecule has 0 aliphatic carbocycles. The Labute approximate surface area is 254 Å². The fraction of sp³-hybridized carbons (Fsp3) is 0.286. The number of rotatable bonds is 12. The number of anilines is 1. The minimum Gasteiger partial charge on any atom is -0.497 e. The van der Waals surface area contributed by atoms with Gasteiger partial charge in [-0.05, 0) is 68.8 Å². The van der Waals surface area contributed by atoms with Gasteiger partial charge in [0, 0.05) is 34.8 Å². The van der Waals surface area contributed by atoms with Crippen molar-refractivity contribution in [1.82, 2.24) is 10.2 Å². The predicted molar refractivity (Wildman–Crippen MR) is 161 cm³/mol. The van der Waals surface area contributed by atoms with Gasteiger partial charge in [-0.1, -0.05) is 35.3 Å². The van der Waals surface area contributed by atoms with Gasteiger partial charge in [0.05, 0.1) is 22.6 Å². The van der Waals surface area contributed by atoms with Gasteiger partial charge in [0.2, 0.25) is 11.8 Å². The number of ether oxygens (including phenoxy) is 1. The summed E-state index contributed by atoms with van der Waals surface area (Å²) in [5.74, 6) is -0.734. The molecule has 1 unspecified atom stereocenters. The molecule has 3 aromatic carbocycles. The third-order valence-corrected chi connectivity index (χ3v) is 8.84. The summed E-state index contributed by atoms with van der Waals surface area (Å²) in [4.78, 5) is 38.5. The van der Waals surface area contributed by atoms with Crippen molar-refractivity contribution in [3.05, 3.63) is 92.0 Å². The number of halogens is 2. The number of methoxy groups -OCH3 is 1. The van der Waals surface area contributed by atoms with E-state index in [1.54, 1.807) is 19.1 Å². The maximum absolute atomic E-state index is 14.0. The molecule has 42 heavy (non-hydrogen) atoms. The molecule has 224 valence electrons. The first-order valence-corrected chi connectivity index (χ1v) is 14.9. The molecule has 1 N–H and O–H groups in total. The lowest BCUT2D eigenvalue weighted by atomic mass is 10.1. The zero-order valence-corrected chi connectivity index (χ0v) is 25.7. The van der Waals surface area contributed by atoms with E-state index in [2.05, 4.69) is 5.32 Å². The van der Waals surface area contributed by atoms with Gasteiger partial charge in [0.25, 0.3) is 15.7 Å². The monoisotopic (exact) mass is 636 g/mol. The normalized spacial score (nSPS) is 11.9. The Bertz CT molecular complexity index is 1580. The van der Waals surface area contributed by atoms with Crippen LogP contribution in [0.4, 0.5) is 11.4 Å². The molecular weight excluding hydrogens is 607 g/mol. The van der Waals surface area contributed by atoms with E-state index in [-0.39, 0.29) is 33.4 Å². The third kappa shape index (κ3) is 7.50. The Kier molecular flexibility index (Phi) is 10.8. The van der Waals surface area contributed by atoms with E-state index in [4.69, 9.17) is 27.9 Å². The van der Waals surface area contributed by atoms with Gasteiger partial charge >= 0.3 is 0 Å². The van der Waals surface area contributed by atoms with Crippen LogP contribution in [0.15, 0.2) is 65.6 Å². The fourth-order valence-electron chi connectivity index (χ4n) is 4.09. The van der Waals surface area contributed by atoms with Crippen molar-refractivity contribution in [2.24, 2.45) is 0 Å². The van der Waals surface area contributed by atoms with Crippen LogP contribution in [0.2, 0.25) is 10.0 Å². The second-order valence-corrected chi connectivity index (χ2v) is 11.9. The summed E-state index contributed by atoms with van der Waals surface area (Å²) in [7, 11) is -3.08. The van der Waals surface area contributed by atoms with E-state index in [1.807, 2.05) is 0 Å². The van der Waals surface area contributed by atoms with Crippen LogP contribution in [-0.4, -0.2) is 56.3 Å².